The Hall–Kier alpha value is -1.96. The van der Waals surface area contributed by atoms with Gasteiger partial charge >= 0.3 is 0 Å². The monoisotopic (exact) mass is 406 g/mol. The quantitative estimate of drug-likeness (QED) is 0.472. The van der Waals surface area contributed by atoms with E-state index in [0.29, 0.717) is 47.0 Å². The maximum atomic E-state index is 11.0. The van der Waals surface area contributed by atoms with E-state index in [1.165, 1.54) is 19.3 Å². The number of hydrogen-bond acceptors (Lipinski definition) is 2. The lowest BCUT2D eigenvalue weighted by molar-refractivity contribution is 0.435. The Bertz CT molecular complexity index is 896. The van der Waals surface area contributed by atoms with E-state index in [1.54, 1.807) is 0 Å². The molecular formula is C28H38O2. The molecule has 0 aromatic heterocycles. The zero-order valence-electron chi connectivity index (χ0n) is 19.2. The Labute approximate surface area is 182 Å². The molecule has 2 aromatic rings. The molecule has 30 heavy (non-hydrogen) atoms. The van der Waals surface area contributed by atoms with E-state index in [0.717, 1.165) is 34.6 Å². The highest BCUT2D eigenvalue weighted by Gasteiger charge is 2.43. The summed E-state index contributed by atoms with van der Waals surface area (Å²) in [5.74, 6) is 4.60. The van der Waals surface area contributed by atoms with E-state index in [4.69, 9.17) is 0 Å². The van der Waals surface area contributed by atoms with Crippen molar-refractivity contribution in [2.75, 3.05) is 0 Å². The van der Waals surface area contributed by atoms with E-state index in [2.05, 4.69) is 65.0 Å². The predicted molar refractivity (Wildman–Crippen MR) is 124 cm³/mol. The molecule has 2 heteroatoms. The third-order valence-electron chi connectivity index (χ3n) is 7.94. The normalized spacial score (nSPS) is 23.9. The summed E-state index contributed by atoms with van der Waals surface area (Å²) in [6, 6.07) is 12.6. The number of phenols is 2. The fourth-order valence-electron chi connectivity index (χ4n) is 5.57. The molecule has 0 radical (unpaired) electrons. The van der Waals surface area contributed by atoms with Crippen LogP contribution in [0.2, 0.25) is 0 Å². The molecule has 2 aliphatic carbocycles. The number of rotatable bonds is 8. The fourth-order valence-corrected chi connectivity index (χ4v) is 5.57. The zero-order valence-corrected chi connectivity index (χ0v) is 19.2. The van der Waals surface area contributed by atoms with E-state index in [9.17, 15) is 10.2 Å². The van der Waals surface area contributed by atoms with Crippen LogP contribution in [0.5, 0.6) is 11.5 Å². The molecule has 4 unspecified atom stereocenters. The van der Waals surface area contributed by atoms with E-state index < -0.39 is 0 Å². The van der Waals surface area contributed by atoms with Gasteiger partial charge in [0.2, 0.25) is 0 Å². The van der Waals surface area contributed by atoms with Crippen molar-refractivity contribution in [3.63, 3.8) is 0 Å². The van der Waals surface area contributed by atoms with Gasteiger partial charge in [0, 0.05) is 0 Å². The Morgan fingerprint density at radius 1 is 0.767 bits per heavy atom. The molecule has 0 bridgehead atoms. The third kappa shape index (κ3) is 4.11. The Kier molecular flexibility index (Phi) is 5.88. The van der Waals surface area contributed by atoms with Gasteiger partial charge in [-0.05, 0) is 89.4 Å². The van der Waals surface area contributed by atoms with Crippen LogP contribution in [0.15, 0.2) is 36.4 Å². The summed E-state index contributed by atoms with van der Waals surface area (Å²) >= 11 is 0. The zero-order chi connectivity index (χ0) is 21.6. The standard InChI is InChI=1S/C28H38O2/c1-16(2)22-8-6-11-25(27(22)29)19(5)26-15-21(26)14-17(3)23-9-7-10-24(28(23)30)18(4)20-12-13-20/h6-11,16-21,26,29-30H,12-15H2,1-5H3/t17?,18-,19?,21?,26?/m1/s1. The summed E-state index contributed by atoms with van der Waals surface area (Å²) in [4.78, 5) is 0. The van der Waals surface area contributed by atoms with Crippen LogP contribution in [0.1, 0.15) is 106 Å². The summed E-state index contributed by atoms with van der Waals surface area (Å²) in [6.07, 6.45) is 4.92. The molecule has 2 nitrogen and oxygen atoms in total. The number of benzene rings is 2. The summed E-state index contributed by atoms with van der Waals surface area (Å²) < 4.78 is 0. The van der Waals surface area contributed by atoms with Crippen molar-refractivity contribution in [1.29, 1.82) is 0 Å². The minimum absolute atomic E-state index is 0.334. The minimum atomic E-state index is 0.334. The van der Waals surface area contributed by atoms with Gasteiger partial charge in [-0.1, -0.05) is 71.0 Å². The Morgan fingerprint density at radius 2 is 1.30 bits per heavy atom. The van der Waals surface area contributed by atoms with E-state index in [-0.39, 0.29) is 0 Å². The second kappa shape index (κ2) is 8.29. The highest BCUT2D eigenvalue weighted by atomic mass is 16.3. The smallest absolute Gasteiger partial charge is 0.122 e. The van der Waals surface area contributed by atoms with Crippen LogP contribution in [0.25, 0.3) is 0 Å². The third-order valence-corrected chi connectivity index (χ3v) is 7.94. The highest BCUT2D eigenvalue weighted by Crippen LogP contribution is 2.55. The van der Waals surface area contributed by atoms with E-state index in [1.807, 2.05) is 6.07 Å². The van der Waals surface area contributed by atoms with Crippen LogP contribution in [0.3, 0.4) is 0 Å². The van der Waals surface area contributed by atoms with Crippen molar-refractivity contribution in [1.82, 2.24) is 0 Å². The maximum Gasteiger partial charge on any atom is 0.122 e. The largest absolute Gasteiger partial charge is 0.507 e. The van der Waals surface area contributed by atoms with Crippen LogP contribution < -0.4 is 0 Å². The molecule has 2 saturated carbocycles. The SMILES string of the molecule is CC(C)c1cccc(C(C)C2CC2CC(C)c2cccc([C@H](C)C3CC3)c2O)c1O. The van der Waals surface area contributed by atoms with Gasteiger partial charge in [-0.3, -0.25) is 0 Å². The topological polar surface area (TPSA) is 40.5 Å². The van der Waals surface area contributed by atoms with Crippen molar-refractivity contribution in [2.45, 2.75) is 84.0 Å². The number of aromatic hydroxyl groups is 2. The molecule has 0 spiro atoms. The first-order valence-corrected chi connectivity index (χ1v) is 11.9. The maximum absolute atomic E-state index is 11.0. The fraction of sp³-hybridized carbons (Fsp3) is 0.571. The van der Waals surface area contributed by atoms with Gasteiger partial charge in [-0.2, -0.15) is 0 Å². The van der Waals surface area contributed by atoms with Gasteiger partial charge in [-0.25, -0.2) is 0 Å². The second-order valence-electron chi connectivity index (χ2n) is 10.4. The molecule has 2 fully saturated rings. The average molecular weight is 407 g/mol. The second-order valence-corrected chi connectivity index (χ2v) is 10.4. The molecule has 0 saturated heterocycles. The Balaban J connectivity index is 1.43. The molecule has 5 atom stereocenters. The number of hydrogen-bond donors (Lipinski definition) is 2. The summed E-state index contributed by atoms with van der Waals surface area (Å²) in [7, 11) is 0. The lowest BCUT2D eigenvalue weighted by atomic mass is 9.86. The van der Waals surface area contributed by atoms with Crippen molar-refractivity contribution in [3.8, 4) is 11.5 Å². The summed E-state index contributed by atoms with van der Waals surface area (Å²) in [5.41, 5.74) is 4.40. The summed E-state index contributed by atoms with van der Waals surface area (Å²) in [6.45, 7) is 11.1. The van der Waals surface area contributed by atoms with Crippen molar-refractivity contribution in [2.24, 2.45) is 17.8 Å². The Morgan fingerprint density at radius 3 is 1.90 bits per heavy atom. The molecule has 4 rings (SSSR count). The summed E-state index contributed by atoms with van der Waals surface area (Å²) in [5, 5.41) is 21.8. The molecule has 0 amide bonds. The number of para-hydroxylation sites is 2. The van der Waals surface area contributed by atoms with Gasteiger partial charge in [-0.15, -0.1) is 0 Å². The predicted octanol–water partition coefficient (Wildman–Crippen LogP) is 7.67. The molecule has 162 valence electrons. The molecular weight excluding hydrogens is 368 g/mol. The van der Waals surface area contributed by atoms with Gasteiger partial charge in [0.05, 0.1) is 0 Å². The van der Waals surface area contributed by atoms with Crippen LogP contribution >= 0.6 is 0 Å². The molecule has 2 N–H and O–H groups in total. The first-order chi connectivity index (χ1) is 14.3. The average Bonchev–Trinajstić information content (AvgIpc) is 3.62. The van der Waals surface area contributed by atoms with Gasteiger partial charge in [0.15, 0.2) is 0 Å². The first kappa shape index (κ1) is 21.3. The van der Waals surface area contributed by atoms with Crippen molar-refractivity contribution < 1.29 is 10.2 Å². The van der Waals surface area contributed by atoms with Crippen LogP contribution in [-0.4, -0.2) is 10.2 Å². The number of phenolic OH excluding ortho intramolecular Hbond substituents is 2. The van der Waals surface area contributed by atoms with E-state index >= 15 is 0 Å². The molecule has 0 heterocycles. The molecule has 0 aliphatic heterocycles. The van der Waals surface area contributed by atoms with Gasteiger partial charge < -0.3 is 10.2 Å². The lowest BCUT2D eigenvalue weighted by Gasteiger charge is -2.20. The van der Waals surface area contributed by atoms with Gasteiger partial charge in [0.1, 0.15) is 11.5 Å². The van der Waals surface area contributed by atoms with Crippen LogP contribution in [0.4, 0.5) is 0 Å². The van der Waals surface area contributed by atoms with Crippen molar-refractivity contribution >= 4 is 0 Å². The highest BCUT2D eigenvalue weighted by molar-refractivity contribution is 5.46. The molecule has 2 aliphatic rings. The lowest BCUT2D eigenvalue weighted by Crippen LogP contribution is -2.04. The minimum Gasteiger partial charge on any atom is -0.507 e. The van der Waals surface area contributed by atoms with Crippen LogP contribution in [0, 0.1) is 17.8 Å². The first-order valence-electron chi connectivity index (χ1n) is 11.9. The molecule has 2 aromatic carbocycles. The van der Waals surface area contributed by atoms with Crippen molar-refractivity contribution in [3.05, 3.63) is 58.7 Å². The van der Waals surface area contributed by atoms with Gasteiger partial charge in [0.25, 0.3) is 0 Å². The van der Waals surface area contributed by atoms with Crippen LogP contribution in [-0.2, 0) is 0 Å².